The van der Waals surface area contributed by atoms with E-state index in [1.807, 2.05) is 0 Å². The molecule has 154 valence electrons. The van der Waals surface area contributed by atoms with Crippen LogP contribution in [0.5, 0.6) is 11.5 Å². The Morgan fingerprint density at radius 2 is 1.83 bits per heavy atom. The van der Waals surface area contributed by atoms with Crippen molar-refractivity contribution in [1.82, 2.24) is 0 Å². The molecular weight excluding hydrogens is 416 g/mol. The van der Waals surface area contributed by atoms with Crippen LogP contribution in [0.25, 0.3) is 6.08 Å². The van der Waals surface area contributed by atoms with E-state index in [1.165, 1.54) is 6.08 Å². The molecule has 2 aromatic carbocycles. The van der Waals surface area contributed by atoms with Crippen LogP contribution in [0.2, 0.25) is 5.02 Å². The third kappa shape index (κ3) is 5.88. The van der Waals surface area contributed by atoms with Crippen molar-refractivity contribution in [1.29, 1.82) is 0 Å². The SMILES string of the molecule is CCCS(=O)(=O)Nc1ccc(NC(=O)/C=C/c2cc(Cl)c3c(c2)OCCO3)cc1. The van der Waals surface area contributed by atoms with Crippen molar-refractivity contribution in [3.8, 4) is 11.5 Å². The number of rotatable bonds is 7. The second kappa shape index (κ2) is 9.19. The van der Waals surface area contributed by atoms with E-state index in [9.17, 15) is 13.2 Å². The van der Waals surface area contributed by atoms with Crippen molar-refractivity contribution in [3.63, 3.8) is 0 Å². The lowest BCUT2D eigenvalue weighted by atomic mass is 10.1. The number of anilines is 2. The van der Waals surface area contributed by atoms with E-state index >= 15 is 0 Å². The van der Waals surface area contributed by atoms with E-state index in [0.29, 0.717) is 53.1 Å². The fourth-order valence-electron chi connectivity index (χ4n) is 2.70. The van der Waals surface area contributed by atoms with Gasteiger partial charge in [-0.1, -0.05) is 18.5 Å². The van der Waals surface area contributed by atoms with Gasteiger partial charge < -0.3 is 14.8 Å². The number of ether oxygens (including phenoxy) is 2. The summed E-state index contributed by atoms with van der Waals surface area (Å²) in [6.45, 7) is 2.69. The van der Waals surface area contributed by atoms with Gasteiger partial charge in [0.05, 0.1) is 10.8 Å². The summed E-state index contributed by atoms with van der Waals surface area (Å²) in [6, 6.07) is 9.87. The number of carbonyl (C=O) groups is 1. The minimum absolute atomic E-state index is 0.0557. The number of carbonyl (C=O) groups excluding carboxylic acids is 1. The van der Waals surface area contributed by atoms with Gasteiger partial charge in [-0.15, -0.1) is 0 Å². The van der Waals surface area contributed by atoms with Gasteiger partial charge in [-0.25, -0.2) is 8.42 Å². The van der Waals surface area contributed by atoms with Crippen molar-refractivity contribution in [3.05, 3.63) is 53.1 Å². The Hall–Kier alpha value is -2.71. The first-order valence-electron chi connectivity index (χ1n) is 9.05. The molecule has 0 fully saturated rings. The van der Waals surface area contributed by atoms with Crippen LogP contribution in [-0.2, 0) is 14.8 Å². The molecule has 1 amide bonds. The fourth-order valence-corrected chi connectivity index (χ4v) is 4.11. The van der Waals surface area contributed by atoms with Gasteiger partial charge in [0.15, 0.2) is 11.5 Å². The topological polar surface area (TPSA) is 93.7 Å². The highest BCUT2D eigenvalue weighted by Gasteiger charge is 2.16. The van der Waals surface area contributed by atoms with Crippen LogP contribution >= 0.6 is 11.6 Å². The Bertz CT molecular complexity index is 1020. The highest BCUT2D eigenvalue weighted by Crippen LogP contribution is 2.38. The van der Waals surface area contributed by atoms with Gasteiger partial charge in [-0.05, 0) is 54.5 Å². The number of amides is 1. The average Bonchev–Trinajstić information content (AvgIpc) is 2.68. The van der Waals surface area contributed by atoms with Crippen molar-refractivity contribution >= 4 is 45.0 Å². The van der Waals surface area contributed by atoms with Crippen LogP contribution in [-0.4, -0.2) is 33.3 Å². The zero-order valence-electron chi connectivity index (χ0n) is 15.8. The molecule has 0 saturated heterocycles. The molecule has 9 heteroatoms. The maximum Gasteiger partial charge on any atom is 0.248 e. The minimum atomic E-state index is -3.35. The van der Waals surface area contributed by atoms with Gasteiger partial charge in [-0.3, -0.25) is 9.52 Å². The molecule has 0 spiro atoms. The average molecular weight is 437 g/mol. The third-order valence-corrected chi connectivity index (χ3v) is 5.72. The van der Waals surface area contributed by atoms with Gasteiger partial charge in [0, 0.05) is 17.5 Å². The molecule has 0 atom stereocenters. The minimum Gasteiger partial charge on any atom is -0.486 e. The monoisotopic (exact) mass is 436 g/mol. The normalized spacial score (nSPS) is 13.3. The van der Waals surface area contributed by atoms with Gasteiger partial charge in [-0.2, -0.15) is 0 Å². The van der Waals surface area contributed by atoms with Crippen molar-refractivity contribution in [2.75, 3.05) is 29.0 Å². The molecule has 7 nitrogen and oxygen atoms in total. The smallest absolute Gasteiger partial charge is 0.248 e. The standard InChI is InChI=1S/C20H21ClN2O5S/c1-2-11-29(25,26)23-16-6-4-15(5-7-16)22-19(24)8-3-14-12-17(21)20-18(13-14)27-9-10-28-20/h3-8,12-13,23H,2,9-11H2,1H3,(H,22,24)/b8-3+. The summed E-state index contributed by atoms with van der Waals surface area (Å²) in [6.07, 6.45) is 3.52. The molecule has 3 rings (SSSR count). The fraction of sp³-hybridized carbons (Fsp3) is 0.250. The molecular formula is C20H21ClN2O5S. The van der Waals surface area contributed by atoms with E-state index in [4.69, 9.17) is 21.1 Å². The zero-order valence-corrected chi connectivity index (χ0v) is 17.3. The zero-order chi connectivity index (χ0) is 20.9. The van der Waals surface area contributed by atoms with Crippen LogP contribution in [0.15, 0.2) is 42.5 Å². The first kappa shape index (κ1) is 21.0. The maximum atomic E-state index is 12.2. The van der Waals surface area contributed by atoms with Gasteiger partial charge in [0.2, 0.25) is 15.9 Å². The quantitative estimate of drug-likeness (QED) is 0.641. The highest BCUT2D eigenvalue weighted by molar-refractivity contribution is 7.92. The predicted molar refractivity (Wildman–Crippen MR) is 114 cm³/mol. The van der Waals surface area contributed by atoms with E-state index in [-0.39, 0.29) is 11.7 Å². The largest absolute Gasteiger partial charge is 0.486 e. The second-order valence-corrected chi connectivity index (χ2v) is 8.60. The van der Waals surface area contributed by atoms with E-state index in [2.05, 4.69) is 10.0 Å². The van der Waals surface area contributed by atoms with Gasteiger partial charge in [0.1, 0.15) is 13.2 Å². The van der Waals surface area contributed by atoms with Gasteiger partial charge in [0.25, 0.3) is 0 Å². The van der Waals surface area contributed by atoms with E-state index in [0.717, 1.165) is 0 Å². The van der Waals surface area contributed by atoms with Crippen LogP contribution in [0.4, 0.5) is 11.4 Å². The van der Waals surface area contributed by atoms with Crippen molar-refractivity contribution in [2.24, 2.45) is 0 Å². The number of halogens is 1. The number of nitrogens with one attached hydrogen (secondary N) is 2. The van der Waals surface area contributed by atoms with Crippen LogP contribution in [0.1, 0.15) is 18.9 Å². The molecule has 1 aliphatic rings. The molecule has 1 aliphatic heterocycles. The van der Waals surface area contributed by atoms with Gasteiger partial charge >= 0.3 is 0 Å². The highest BCUT2D eigenvalue weighted by atomic mass is 35.5. The lowest BCUT2D eigenvalue weighted by Crippen LogP contribution is -2.16. The molecule has 0 saturated carbocycles. The van der Waals surface area contributed by atoms with Crippen LogP contribution < -0.4 is 19.5 Å². The third-order valence-electron chi connectivity index (χ3n) is 3.94. The number of fused-ring (bicyclic) bond motifs is 1. The van der Waals surface area contributed by atoms with E-state index < -0.39 is 10.0 Å². The lowest BCUT2D eigenvalue weighted by molar-refractivity contribution is -0.111. The van der Waals surface area contributed by atoms with Crippen molar-refractivity contribution in [2.45, 2.75) is 13.3 Å². The molecule has 29 heavy (non-hydrogen) atoms. The summed E-state index contributed by atoms with van der Waals surface area (Å²) >= 11 is 6.18. The Labute approximate surface area is 174 Å². The number of sulfonamides is 1. The molecule has 0 aliphatic carbocycles. The molecule has 2 N–H and O–H groups in total. The summed E-state index contributed by atoms with van der Waals surface area (Å²) in [5, 5.41) is 3.13. The molecule has 0 aromatic heterocycles. The predicted octanol–water partition coefficient (Wildman–Crippen LogP) is 3.91. The molecule has 2 aromatic rings. The molecule has 0 radical (unpaired) electrons. The summed E-state index contributed by atoms with van der Waals surface area (Å²) in [4.78, 5) is 12.2. The van der Waals surface area contributed by atoms with Crippen LogP contribution in [0, 0.1) is 0 Å². The summed E-state index contributed by atoms with van der Waals surface area (Å²) < 4.78 is 37.0. The number of benzene rings is 2. The Morgan fingerprint density at radius 1 is 1.14 bits per heavy atom. The van der Waals surface area contributed by atoms with E-state index in [1.54, 1.807) is 49.4 Å². The molecule has 1 heterocycles. The van der Waals surface area contributed by atoms with Crippen molar-refractivity contribution < 1.29 is 22.7 Å². The summed E-state index contributed by atoms with van der Waals surface area (Å²) in [5.41, 5.74) is 1.69. The Kier molecular flexibility index (Phi) is 6.66. The Balaban J connectivity index is 1.61. The first-order chi connectivity index (χ1) is 13.9. The summed E-state index contributed by atoms with van der Waals surface area (Å²) in [5.74, 6) is 0.773. The molecule has 0 unspecified atom stereocenters. The first-order valence-corrected chi connectivity index (χ1v) is 11.1. The number of hydrogen-bond acceptors (Lipinski definition) is 5. The van der Waals surface area contributed by atoms with Crippen LogP contribution in [0.3, 0.4) is 0 Å². The Morgan fingerprint density at radius 3 is 2.55 bits per heavy atom. The molecule has 0 bridgehead atoms. The maximum absolute atomic E-state index is 12.2. The number of hydrogen-bond donors (Lipinski definition) is 2. The second-order valence-electron chi connectivity index (χ2n) is 6.35. The lowest BCUT2D eigenvalue weighted by Gasteiger charge is -2.19. The summed E-state index contributed by atoms with van der Waals surface area (Å²) in [7, 11) is -3.35.